The zero-order valence-electron chi connectivity index (χ0n) is 9.47. The summed E-state index contributed by atoms with van der Waals surface area (Å²) in [7, 11) is 0. The molecular formula is C14H10ClNO2. The van der Waals surface area contributed by atoms with Crippen LogP contribution in [0.2, 0.25) is 5.02 Å². The molecule has 3 nitrogen and oxygen atoms in total. The second kappa shape index (κ2) is 4.70. The molecule has 0 unspecified atom stereocenters. The summed E-state index contributed by atoms with van der Waals surface area (Å²) in [5.74, 6) is 1.57. The molecule has 0 saturated heterocycles. The predicted molar refractivity (Wildman–Crippen MR) is 70.7 cm³/mol. The van der Waals surface area contributed by atoms with Gasteiger partial charge in [0.25, 0.3) is 0 Å². The SMILES string of the molecule is Clc1ccc(C=Cc2ccc3c(c2)OCO3)nc1. The number of halogens is 1. The molecule has 0 amide bonds. The Hall–Kier alpha value is -2.00. The van der Waals surface area contributed by atoms with Gasteiger partial charge >= 0.3 is 0 Å². The van der Waals surface area contributed by atoms with Gasteiger partial charge in [-0.2, -0.15) is 0 Å². The van der Waals surface area contributed by atoms with Crippen LogP contribution in [0.25, 0.3) is 12.2 Å². The average molecular weight is 260 g/mol. The molecule has 0 atom stereocenters. The predicted octanol–water partition coefficient (Wildman–Crippen LogP) is 3.63. The lowest BCUT2D eigenvalue weighted by molar-refractivity contribution is 0.174. The van der Waals surface area contributed by atoms with Gasteiger partial charge in [-0.3, -0.25) is 4.98 Å². The van der Waals surface area contributed by atoms with Gasteiger partial charge in [0.15, 0.2) is 11.5 Å². The van der Waals surface area contributed by atoms with Crippen molar-refractivity contribution in [3.05, 3.63) is 52.8 Å². The maximum Gasteiger partial charge on any atom is 0.231 e. The van der Waals surface area contributed by atoms with E-state index in [1.807, 2.05) is 42.5 Å². The van der Waals surface area contributed by atoms with Crippen LogP contribution < -0.4 is 9.47 Å². The maximum atomic E-state index is 5.78. The first kappa shape index (κ1) is 11.1. The fraction of sp³-hybridized carbons (Fsp3) is 0.0714. The number of aromatic nitrogens is 1. The van der Waals surface area contributed by atoms with Crippen LogP contribution in [0.15, 0.2) is 36.5 Å². The van der Waals surface area contributed by atoms with Crippen molar-refractivity contribution < 1.29 is 9.47 Å². The highest BCUT2D eigenvalue weighted by molar-refractivity contribution is 6.30. The van der Waals surface area contributed by atoms with Crippen molar-refractivity contribution in [2.75, 3.05) is 6.79 Å². The lowest BCUT2D eigenvalue weighted by Crippen LogP contribution is -1.92. The Bertz CT molecular complexity index is 593. The summed E-state index contributed by atoms with van der Waals surface area (Å²) in [5.41, 5.74) is 1.90. The van der Waals surface area contributed by atoms with Gasteiger partial charge in [0.1, 0.15) is 0 Å². The summed E-state index contributed by atoms with van der Waals surface area (Å²) in [6.07, 6.45) is 5.52. The van der Waals surface area contributed by atoms with E-state index in [-0.39, 0.29) is 0 Å². The zero-order valence-corrected chi connectivity index (χ0v) is 10.2. The van der Waals surface area contributed by atoms with Crippen LogP contribution in [0.4, 0.5) is 0 Å². The molecule has 0 bridgehead atoms. The van der Waals surface area contributed by atoms with Crippen molar-refractivity contribution in [1.29, 1.82) is 0 Å². The quantitative estimate of drug-likeness (QED) is 0.825. The van der Waals surface area contributed by atoms with Gasteiger partial charge in [-0.05, 0) is 35.9 Å². The van der Waals surface area contributed by atoms with Crippen molar-refractivity contribution in [1.82, 2.24) is 4.98 Å². The van der Waals surface area contributed by atoms with Crippen LogP contribution in [0, 0.1) is 0 Å². The van der Waals surface area contributed by atoms with E-state index in [9.17, 15) is 0 Å². The van der Waals surface area contributed by atoms with Crippen molar-refractivity contribution in [3.8, 4) is 11.5 Å². The second-order valence-corrected chi connectivity index (χ2v) is 4.28. The van der Waals surface area contributed by atoms with Crippen molar-refractivity contribution in [3.63, 3.8) is 0 Å². The molecule has 0 N–H and O–H groups in total. The van der Waals surface area contributed by atoms with Gasteiger partial charge in [-0.15, -0.1) is 0 Å². The van der Waals surface area contributed by atoms with Gasteiger partial charge in [-0.25, -0.2) is 0 Å². The molecule has 0 saturated carbocycles. The first-order valence-corrected chi connectivity index (χ1v) is 5.88. The minimum Gasteiger partial charge on any atom is -0.454 e. The van der Waals surface area contributed by atoms with Crippen LogP contribution >= 0.6 is 11.6 Å². The van der Waals surface area contributed by atoms with Gasteiger partial charge in [0.05, 0.1) is 10.7 Å². The monoisotopic (exact) mass is 259 g/mol. The smallest absolute Gasteiger partial charge is 0.231 e. The lowest BCUT2D eigenvalue weighted by atomic mass is 10.2. The highest BCUT2D eigenvalue weighted by Crippen LogP contribution is 2.32. The zero-order chi connectivity index (χ0) is 12.4. The second-order valence-electron chi connectivity index (χ2n) is 3.85. The number of hydrogen-bond donors (Lipinski definition) is 0. The highest BCUT2D eigenvalue weighted by atomic mass is 35.5. The Balaban J connectivity index is 1.82. The molecule has 18 heavy (non-hydrogen) atoms. The first-order valence-electron chi connectivity index (χ1n) is 5.50. The summed E-state index contributed by atoms with van der Waals surface area (Å²) in [4.78, 5) is 4.19. The number of fused-ring (bicyclic) bond motifs is 1. The fourth-order valence-electron chi connectivity index (χ4n) is 1.68. The van der Waals surface area contributed by atoms with E-state index < -0.39 is 0 Å². The standard InChI is InChI=1S/C14H10ClNO2/c15-11-3-5-12(16-8-11)4-1-10-2-6-13-14(7-10)18-9-17-13/h1-8H,9H2. The van der Waals surface area contributed by atoms with E-state index in [0.29, 0.717) is 11.8 Å². The molecule has 3 rings (SSSR count). The third-order valence-corrected chi connectivity index (χ3v) is 2.82. The minimum absolute atomic E-state index is 0.293. The summed E-state index contributed by atoms with van der Waals surface area (Å²) >= 11 is 5.78. The average Bonchev–Trinajstić information content (AvgIpc) is 2.85. The van der Waals surface area contributed by atoms with E-state index >= 15 is 0 Å². The van der Waals surface area contributed by atoms with Crippen LogP contribution in [0.3, 0.4) is 0 Å². The van der Waals surface area contributed by atoms with Gasteiger partial charge in [-0.1, -0.05) is 23.7 Å². The third-order valence-electron chi connectivity index (χ3n) is 2.59. The molecule has 4 heteroatoms. The molecule has 1 aromatic heterocycles. The number of nitrogens with zero attached hydrogens (tertiary/aromatic N) is 1. The molecule has 0 radical (unpaired) electrons. The van der Waals surface area contributed by atoms with Crippen molar-refractivity contribution in [2.24, 2.45) is 0 Å². The van der Waals surface area contributed by atoms with E-state index in [4.69, 9.17) is 21.1 Å². The van der Waals surface area contributed by atoms with Crippen LogP contribution in [-0.4, -0.2) is 11.8 Å². The normalized spacial score (nSPS) is 13.2. The van der Waals surface area contributed by atoms with Gasteiger partial charge < -0.3 is 9.47 Å². The summed E-state index contributed by atoms with van der Waals surface area (Å²) in [6.45, 7) is 0.293. The number of benzene rings is 1. The Morgan fingerprint density at radius 1 is 1.06 bits per heavy atom. The van der Waals surface area contributed by atoms with Crippen molar-refractivity contribution in [2.45, 2.75) is 0 Å². The lowest BCUT2D eigenvalue weighted by Gasteiger charge is -1.97. The topological polar surface area (TPSA) is 31.4 Å². The fourth-order valence-corrected chi connectivity index (χ4v) is 1.80. The Morgan fingerprint density at radius 2 is 1.94 bits per heavy atom. The molecular weight excluding hydrogens is 250 g/mol. The summed E-state index contributed by atoms with van der Waals surface area (Å²) < 4.78 is 10.6. The molecule has 1 aliphatic rings. The van der Waals surface area contributed by atoms with E-state index in [1.165, 1.54) is 0 Å². The Labute approximate surface area is 110 Å². The van der Waals surface area contributed by atoms with Gasteiger partial charge in [0, 0.05) is 6.20 Å². The first-order chi connectivity index (χ1) is 8.81. The third kappa shape index (κ3) is 2.31. The molecule has 0 aliphatic carbocycles. The Kier molecular flexibility index (Phi) is 2.90. The number of ether oxygens (including phenoxy) is 2. The number of hydrogen-bond acceptors (Lipinski definition) is 3. The number of rotatable bonds is 2. The molecule has 2 aromatic rings. The molecule has 1 aromatic carbocycles. The maximum absolute atomic E-state index is 5.78. The molecule has 0 fully saturated rings. The molecule has 2 heterocycles. The largest absolute Gasteiger partial charge is 0.454 e. The van der Waals surface area contributed by atoms with E-state index in [2.05, 4.69) is 4.98 Å². The minimum atomic E-state index is 0.293. The molecule has 0 spiro atoms. The Morgan fingerprint density at radius 3 is 2.78 bits per heavy atom. The summed E-state index contributed by atoms with van der Waals surface area (Å²) in [5, 5.41) is 0.634. The van der Waals surface area contributed by atoms with Crippen molar-refractivity contribution >= 4 is 23.8 Å². The summed E-state index contributed by atoms with van der Waals surface area (Å²) in [6, 6.07) is 9.49. The van der Waals surface area contributed by atoms with E-state index in [1.54, 1.807) is 6.20 Å². The molecule has 90 valence electrons. The van der Waals surface area contributed by atoms with Gasteiger partial charge in [0.2, 0.25) is 6.79 Å². The van der Waals surface area contributed by atoms with Crippen LogP contribution in [-0.2, 0) is 0 Å². The number of pyridine rings is 1. The van der Waals surface area contributed by atoms with E-state index in [0.717, 1.165) is 22.8 Å². The highest BCUT2D eigenvalue weighted by Gasteiger charge is 2.11. The van der Waals surface area contributed by atoms with Crippen LogP contribution in [0.1, 0.15) is 11.3 Å². The van der Waals surface area contributed by atoms with Crippen LogP contribution in [0.5, 0.6) is 11.5 Å². The molecule has 1 aliphatic heterocycles.